The summed E-state index contributed by atoms with van der Waals surface area (Å²) in [6.07, 6.45) is 3.66. The van der Waals surface area contributed by atoms with E-state index in [0.29, 0.717) is 17.3 Å². The van der Waals surface area contributed by atoms with Gasteiger partial charge in [-0.15, -0.1) is 0 Å². The number of anilines is 1. The van der Waals surface area contributed by atoms with Gasteiger partial charge in [0.05, 0.1) is 0 Å². The highest BCUT2D eigenvalue weighted by molar-refractivity contribution is 5.80. The number of hydrogen-bond donors (Lipinski definition) is 3. The molecule has 0 atom stereocenters. The summed E-state index contributed by atoms with van der Waals surface area (Å²) in [6.45, 7) is 0.752. The van der Waals surface area contributed by atoms with Crippen molar-refractivity contribution < 1.29 is 5.41 Å². The van der Waals surface area contributed by atoms with Crippen molar-refractivity contribution in [3.05, 3.63) is 26.5 Å². The van der Waals surface area contributed by atoms with Crippen LogP contribution in [0.25, 0.3) is 0 Å². The van der Waals surface area contributed by atoms with Crippen LogP contribution in [-0.4, -0.2) is 22.3 Å². The maximum absolute atomic E-state index is 11.6. The molecule has 4 N–H and O–H groups in total. The molecule has 1 fully saturated rings. The second kappa shape index (κ2) is 3.96. The van der Waals surface area contributed by atoms with Crippen LogP contribution in [-0.2, 0) is 7.05 Å². The van der Waals surface area contributed by atoms with Gasteiger partial charge < -0.3 is 5.32 Å². The number of hydrogen-bond acceptors (Lipinski definition) is 3. The topological polar surface area (TPSA) is 92.5 Å². The first kappa shape index (κ1) is 10.7. The molecule has 6 nitrogen and oxygen atoms in total. The Balaban J connectivity index is 2.40. The van der Waals surface area contributed by atoms with E-state index in [1.54, 1.807) is 7.05 Å². The maximum atomic E-state index is 11.6. The minimum absolute atomic E-state index is 0.372. The molecule has 0 spiro atoms. The largest absolute Gasteiger partial charge is 0.378 e. The standard InChI is InChI=1S/C10H14N4O2/c1-14-7(4-11)8(9(15)13-10(14)16)12-5-6-2-3-6/h4,6,11-12H,2-3,5H2,1H3,(H,13,15,16)/p+1. The molecule has 1 aromatic rings. The van der Waals surface area contributed by atoms with Crippen molar-refractivity contribution in [2.45, 2.75) is 12.8 Å². The number of nitrogens with two attached hydrogens (primary N) is 1. The van der Waals surface area contributed by atoms with Crippen LogP contribution in [0.5, 0.6) is 0 Å². The maximum Gasteiger partial charge on any atom is 0.328 e. The van der Waals surface area contributed by atoms with Crippen LogP contribution in [0.15, 0.2) is 9.59 Å². The van der Waals surface area contributed by atoms with E-state index in [1.807, 2.05) is 0 Å². The quantitative estimate of drug-likeness (QED) is 0.519. The molecule has 86 valence electrons. The summed E-state index contributed by atoms with van der Waals surface area (Å²) in [7, 11) is 1.57. The zero-order valence-corrected chi connectivity index (χ0v) is 9.12. The highest BCUT2D eigenvalue weighted by Gasteiger charge is 2.22. The molecule has 0 bridgehead atoms. The molecule has 16 heavy (non-hydrogen) atoms. The summed E-state index contributed by atoms with van der Waals surface area (Å²) in [5, 5.41) is 8.48. The molecule has 1 saturated carbocycles. The van der Waals surface area contributed by atoms with E-state index in [4.69, 9.17) is 5.41 Å². The van der Waals surface area contributed by atoms with Crippen molar-refractivity contribution in [3.63, 3.8) is 0 Å². The van der Waals surface area contributed by atoms with Gasteiger partial charge in [-0.05, 0) is 18.8 Å². The summed E-state index contributed by atoms with van der Waals surface area (Å²) in [5.41, 5.74) is -0.0787. The zero-order chi connectivity index (χ0) is 11.7. The van der Waals surface area contributed by atoms with E-state index in [-0.39, 0.29) is 0 Å². The summed E-state index contributed by atoms with van der Waals surface area (Å²) in [5.74, 6) is 0.641. The highest BCUT2D eigenvalue weighted by Crippen LogP contribution is 2.28. The third-order valence-electron chi connectivity index (χ3n) is 2.79. The van der Waals surface area contributed by atoms with Crippen LogP contribution in [0.1, 0.15) is 18.5 Å². The smallest absolute Gasteiger partial charge is 0.328 e. The lowest BCUT2D eigenvalue weighted by Crippen LogP contribution is -2.39. The number of H-pyrrole nitrogens is 1. The van der Waals surface area contributed by atoms with E-state index in [1.165, 1.54) is 23.6 Å². The highest BCUT2D eigenvalue weighted by atomic mass is 16.2. The van der Waals surface area contributed by atoms with E-state index in [2.05, 4.69) is 10.3 Å². The van der Waals surface area contributed by atoms with Gasteiger partial charge in [-0.25, -0.2) is 4.79 Å². The fraction of sp³-hybridized carbons (Fsp3) is 0.500. The molecule has 0 aromatic carbocycles. The Morgan fingerprint density at radius 1 is 1.56 bits per heavy atom. The summed E-state index contributed by atoms with van der Waals surface area (Å²) >= 11 is 0. The first-order valence-corrected chi connectivity index (χ1v) is 5.25. The molecule has 1 aliphatic carbocycles. The normalized spacial score (nSPS) is 14.8. The van der Waals surface area contributed by atoms with Crippen LogP contribution >= 0.6 is 0 Å². The first-order valence-electron chi connectivity index (χ1n) is 5.25. The van der Waals surface area contributed by atoms with Crippen molar-refractivity contribution in [2.75, 3.05) is 11.9 Å². The molecular weight excluding hydrogens is 208 g/mol. The van der Waals surface area contributed by atoms with Gasteiger partial charge in [0, 0.05) is 13.6 Å². The summed E-state index contributed by atoms with van der Waals surface area (Å²) in [4.78, 5) is 25.2. The Hall–Kier alpha value is -1.85. The molecule has 1 heterocycles. The van der Waals surface area contributed by atoms with Crippen LogP contribution in [0.2, 0.25) is 0 Å². The molecule has 0 amide bonds. The number of aromatic nitrogens is 2. The molecule has 0 unspecified atom stereocenters. The molecule has 1 aliphatic rings. The Kier molecular flexibility index (Phi) is 2.64. The van der Waals surface area contributed by atoms with Crippen LogP contribution < -0.4 is 22.0 Å². The Labute approximate surface area is 91.8 Å². The van der Waals surface area contributed by atoms with E-state index < -0.39 is 11.2 Å². The Bertz CT molecular complexity index is 525. The van der Waals surface area contributed by atoms with E-state index >= 15 is 0 Å². The lowest BCUT2D eigenvalue weighted by molar-refractivity contribution is -0.105. The fourth-order valence-electron chi connectivity index (χ4n) is 1.57. The summed E-state index contributed by atoms with van der Waals surface area (Å²) in [6, 6.07) is 0. The second-order valence-corrected chi connectivity index (χ2v) is 4.07. The molecule has 0 aliphatic heterocycles. The van der Waals surface area contributed by atoms with Crippen molar-refractivity contribution in [1.82, 2.24) is 9.55 Å². The van der Waals surface area contributed by atoms with Gasteiger partial charge in [-0.3, -0.25) is 19.8 Å². The molecular formula is C10H15N4O2+. The lowest BCUT2D eigenvalue weighted by Gasteiger charge is -2.08. The SMILES string of the molecule is Cn1c(C=[NH2+])c(NCC2CC2)c(=O)[nH]c1=O. The molecule has 0 saturated heterocycles. The number of aromatic amines is 1. The van der Waals surface area contributed by atoms with E-state index in [0.717, 1.165) is 6.54 Å². The predicted octanol–water partition coefficient (Wildman–Crippen LogP) is -1.93. The van der Waals surface area contributed by atoms with E-state index in [9.17, 15) is 9.59 Å². The fourth-order valence-corrected chi connectivity index (χ4v) is 1.57. The molecule has 2 rings (SSSR count). The van der Waals surface area contributed by atoms with Gasteiger partial charge in [0.15, 0.2) is 6.21 Å². The zero-order valence-electron chi connectivity index (χ0n) is 9.12. The number of nitrogens with one attached hydrogen (secondary N) is 2. The van der Waals surface area contributed by atoms with Crippen LogP contribution in [0.3, 0.4) is 0 Å². The third kappa shape index (κ3) is 1.91. The third-order valence-corrected chi connectivity index (χ3v) is 2.79. The van der Waals surface area contributed by atoms with Gasteiger partial charge in [0.2, 0.25) is 0 Å². The minimum Gasteiger partial charge on any atom is -0.378 e. The van der Waals surface area contributed by atoms with Crippen molar-refractivity contribution in [1.29, 1.82) is 0 Å². The summed E-state index contributed by atoms with van der Waals surface area (Å²) < 4.78 is 1.32. The molecule has 0 radical (unpaired) electrons. The first-order chi connectivity index (χ1) is 7.63. The van der Waals surface area contributed by atoms with Gasteiger partial charge in [-0.2, -0.15) is 0 Å². The number of nitrogens with zero attached hydrogens (tertiary/aromatic N) is 1. The lowest BCUT2D eigenvalue weighted by atomic mass is 10.3. The van der Waals surface area contributed by atoms with Crippen LogP contribution in [0.4, 0.5) is 5.69 Å². The average Bonchev–Trinajstić information content (AvgIpc) is 3.05. The van der Waals surface area contributed by atoms with Gasteiger partial charge in [0.25, 0.3) is 5.56 Å². The molecule has 6 heteroatoms. The number of rotatable bonds is 4. The van der Waals surface area contributed by atoms with Gasteiger partial charge >= 0.3 is 5.69 Å². The Morgan fingerprint density at radius 2 is 2.25 bits per heavy atom. The second-order valence-electron chi connectivity index (χ2n) is 4.07. The van der Waals surface area contributed by atoms with Gasteiger partial charge in [-0.1, -0.05) is 0 Å². The minimum atomic E-state index is -0.460. The van der Waals surface area contributed by atoms with Crippen molar-refractivity contribution >= 4 is 11.9 Å². The monoisotopic (exact) mass is 223 g/mol. The van der Waals surface area contributed by atoms with Gasteiger partial charge in [0.1, 0.15) is 11.4 Å². The predicted molar refractivity (Wildman–Crippen MR) is 60.6 cm³/mol. The van der Waals surface area contributed by atoms with Crippen LogP contribution in [0, 0.1) is 5.92 Å². The molecule has 1 aromatic heterocycles. The average molecular weight is 223 g/mol. The van der Waals surface area contributed by atoms with Crippen molar-refractivity contribution in [3.8, 4) is 0 Å². The Morgan fingerprint density at radius 3 is 2.81 bits per heavy atom. The van der Waals surface area contributed by atoms with Crippen molar-refractivity contribution in [2.24, 2.45) is 13.0 Å².